The average Bonchev–Trinajstić information content (AvgIpc) is 2.91. The maximum atomic E-state index is 12.6. The summed E-state index contributed by atoms with van der Waals surface area (Å²) in [5, 5.41) is 10.2. The van der Waals surface area contributed by atoms with Gasteiger partial charge in [0.2, 0.25) is 0 Å². The van der Waals surface area contributed by atoms with E-state index in [-0.39, 0.29) is 35.9 Å². The molecule has 0 aromatic carbocycles. The Bertz CT molecular complexity index is 665. The third kappa shape index (κ3) is 3.75. The Hall–Kier alpha value is -0.240. The van der Waals surface area contributed by atoms with Crippen LogP contribution in [0.3, 0.4) is 0 Å². The van der Waals surface area contributed by atoms with E-state index >= 15 is 0 Å². The molecule has 120 valence electrons. The molecule has 0 radical (unpaired) electrons. The number of β-amino-alcohol motifs (C(OH)–C–C–N with tert-alkyl or cyclic N) is 1. The molecule has 0 amide bonds. The van der Waals surface area contributed by atoms with Gasteiger partial charge in [-0.15, -0.1) is 20.7 Å². The van der Waals surface area contributed by atoms with Crippen LogP contribution in [0.2, 0.25) is 0 Å². The first-order valence-electron chi connectivity index (χ1n) is 7.31. The van der Waals surface area contributed by atoms with Crippen LogP contribution >= 0.6 is 23.4 Å². The molecule has 21 heavy (non-hydrogen) atoms. The number of fused-ring (bicyclic) bond motifs is 1. The fourth-order valence-electron chi connectivity index (χ4n) is 1.92. The Morgan fingerprint density at radius 3 is 3.24 bits per heavy atom. The highest BCUT2D eigenvalue weighted by Crippen LogP contribution is 2.42. The van der Waals surface area contributed by atoms with E-state index in [0.29, 0.717) is 4.21 Å². The molecule has 2 heterocycles. The molecule has 8 nitrogen and oxygen atoms in total. The molecule has 3 N–H and O–H groups in total. The van der Waals surface area contributed by atoms with Gasteiger partial charge < -0.3 is 9.84 Å². The van der Waals surface area contributed by atoms with Crippen molar-refractivity contribution in [2.75, 3.05) is 26.7 Å². The summed E-state index contributed by atoms with van der Waals surface area (Å²) in [6.07, 6.45) is -0.798. The molecule has 0 bridgehead atoms. The summed E-state index contributed by atoms with van der Waals surface area (Å²) in [6, 6.07) is 1.50. The number of nitrogens with two attached hydrogens (primary N) is 1. The number of methoxy groups -OCH3 is 1. The van der Waals surface area contributed by atoms with Crippen molar-refractivity contribution in [1.29, 1.82) is 0 Å². The zero-order valence-electron chi connectivity index (χ0n) is 13.7. The van der Waals surface area contributed by atoms with Gasteiger partial charge in [-0.1, -0.05) is 0 Å². The van der Waals surface area contributed by atoms with Gasteiger partial charge in [0.1, 0.15) is 4.21 Å². The summed E-state index contributed by atoms with van der Waals surface area (Å²) in [7, 11) is -6.30. The third-order valence-corrected chi connectivity index (χ3v) is 7.04. The standard InChI is InChI=1S/C10H16N2O6S3/c1-16-4-2-3-12-6-8(13)7-5-9(20-18-17-11)19-10(7)21(12,14)15/h5,8,13H,2-4,6,11H2,1H3/i1D3. The molecular formula is C10H16N2O6S3. The maximum absolute atomic E-state index is 12.6. The fourth-order valence-corrected chi connectivity index (χ4v) is 5.96. The molecule has 0 saturated carbocycles. The lowest BCUT2D eigenvalue weighted by molar-refractivity contribution is -0.195. The topological polar surface area (TPSA) is 111 Å². The van der Waals surface area contributed by atoms with Crippen LogP contribution in [0.5, 0.6) is 0 Å². The molecule has 1 atom stereocenters. The van der Waals surface area contributed by atoms with Crippen LogP contribution in [-0.2, 0) is 24.1 Å². The number of hydrogen-bond acceptors (Lipinski definition) is 9. The van der Waals surface area contributed by atoms with Gasteiger partial charge in [-0.25, -0.2) is 8.42 Å². The van der Waals surface area contributed by atoms with Gasteiger partial charge >= 0.3 is 0 Å². The number of aliphatic hydroxyl groups excluding tert-OH is 1. The molecule has 11 heteroatoms. The normalized spacial score (nSPS) is 24.1. The highest BCUT2D eigenvalue weighted by molar-refractivity contribution is 7.97. The average molecular weight is 359 g/mol. The van der Waals surface area contributed by atoms with Crippen LogP contribution in [-0.4, -0.2) is 44.6 Å². The minimum absolute atomic E-state index is 0.0149. The quantitative estimate of drug-likeness (QED) is 0.316. The van der Waals surface area contributed by atoms with Crippen LogP contribution in [0.15, 0.2) is 14.5 Å². The first-order valence-corrected chi connectivity index (χ1v) is 8.81. The second-order valence-electron chi connectivity index (χ2n) is 4.14. The molecular weight excluding hydrogens is 340 g/mol. The lowest BCUT2D eigenvalue weighted by Crippen LogP contribution is -2.39. The van der Waals surface area contributed by atoms with Crippen LogP contribution < -0.4 is 5.90 Å². The highest BCUT2D eigenvalue weighted by atomic mass is 32.3. The van der Waals surface area contributed by atoms with Gasteiger partial charge in [-0.3, -0.25) is 0 Å². The van der Waals surface area contributed by atoms with Gasteiger partial charge in [-0.2, -0.15) is 10.2 Å². The van der Waals surface area contributed by atoms with Crippen molar-refractivity contribution in [3.05, 3.63) is 11.6 Å². The summed E-state index contributed by atoms with van der Waals surface area (Å²) >= 11 is 1.66. The van der Waals surface area contributed by atoms with Crippen molar-refractivity contribution < 1.29 is 31.7 Å². The molecule has 1 aromatic heterocycles. The second kappa shape index (κ2) is 7.35. The number of thiophene rings is 1. The molecule has 1 unspecified atom stereocenters. The van der Waals surface area contributed by atoms with Crippen LogP contribution in [0.4, 0.5) is 0 Å². The molecule has 0 fully saturated rings. The van der Waals surface area contributed by atoms with Crippen molar-refractivity contribution in [1.82, 2.24) is 4.31 Å². The lowest BCUT2D eigenvalue weighted by Gasteiger charge is -2.29. The molecule has 0 saturated heterocycles. The minimum atomic E-state index is -3.78. The van der Waals surface area contributed by atoms with Gasteiger partial charge in [0.25, 0.3) is 10.0 Å². The summed E-state index contributed by atoms with van der Waals surface area (Å²) in [5.41, 5.74) is 0.290. The zero-order chi connectivity index (χ0) is 18.0. The first-order chi connectivity index (χ1) is 11.1. The van der Waals surface area contributed by atoms with Gasteiger partial charge in [0.15, 0.2) is 0 Å². The van der Waals surface area contributed by atoms with E-state index in [9.17, 15) is 13.5 Å². The molecule has 1 aliphatic rings. The first kappa shape index (κ1) is 13.2. The Kier molecular flexibility index (Phi) is 4.63. The Morgan fingerprint density at radius 2 is 2.52 bits per heavy atom. The number of hydrogen-bond donors (Lipinski definition) is 2. The molecule has 0 aliphatic carbocycles. The predicted molar refractivity (Wildman–Crippen MR) is 76.7 cm³/mol. The number of sulfonamides is 1. The van der Waals surface area contributed by atoms with Crippen molar-refractivity contribution in [2.45, 2.75) is 20.9 Å². The number of nitrogens with zero attached hydrogens (tertiary/aromatic N) is 1. The van der Waals surface area contributed by atoms with E-state index < -0.39 is 23.2 Å². The molecule has 1 aliphatic heterocycles. The summed E-state index contributed by atoms with van der Waals surface area (Å²) < 4.78 is 56.6. The number of rotatable bonds is 7. The largest absolute Gasteiger partial charge is 0.387 e. The molecule has 0 spiro atoms. The van der Waals surface area contributed by atoms with E-state index in [1.807, 2.05) is 0 Å². The second-order valence-corrected chi connectivity index (χ2v) is 8.32. The SMILES string of the molecule is [2H]C([2H])([2H])OCCCN1CC(O)c2cc(SOON)sc2S1(=O)=O. The molecule has 1 aromatic rings. The van der Waals surface area contributed by atoms with Crippen molar-refractivity contribution in [3.63, 3.8) is 0 Å². The fraction of sp³-hybridized carbons (Fsp3) is 0.600. The summed E-state index contributed by atoms with van der Waals surface area (Å²) in [4.78, 5) is 3.96. The number of ether oxygens (including phenoxy) is 1. The van der Waals surface area contributed by atoms with Crippen molar-refractivity contribution in [2.24, 2.45) is 5.90 Å². The lowest BCUT2D eigenvalue weighted by atomic mass is 10.2. The summed E-state index contributed by atoms with van der Waals surface area (Å²) in [6.45, 7) is -0.186. The number of aliphatic hydroxyl groups is 1. The minimum Gasteiger partial charge on any atom is -0.387 e. The summed E-state index contributed by atoms with van der Waals surface area (Å²) in [5.74, 6) is 4.73. The van der Waals surface area contributed by atoms with Crippen molar-refractivity contribution >= 4 is 33.4 Å². The maximum Gasteiger partial charge on any atom is 0.253 e. The Morgan fingerprint density at radius 1 is 1.71 bits per heavy atom. The monoisotopic (exact) mass is 359 g/mol. The Balaban J connectivity index is 2.07. The van der Waals surface area contributed by atoms with E-state index in [1.54, 1.807) is 0 Å². The van der Waals surface area contributed by atoms with Crippen LogP contribution in [0.1, 0.15) is 22.2 Å². The predicted octanol–water partition coefficient (Wildman–Crippen LogP) is 0.651. The molecule has 2 rings (SSSR count). The zero-order valence-corrected chi connectivity index (χ0v) is 13.2. The van der Waals surface area contributed by atoms with E-state index in [4.69, 9.17) is 10.0 Å². The van der Waals surface area contributed by atoms with E-state index in [0.717, 1.165) is 27.7 Å². The van der Waals surface area contributed by atoms with E-state index in [2.05, 4.69) is 14.1 Å². The van der Waals surface area contributed by atoms with Gasteiger partial charge in [0.05, 0.1) is 26.5 Å². The smallest absolute Gasteiger partial charge is 0.253 e. The van der Waals surface area contributed by atoms with Crippen molar-refractivity contribution in [3.8, 4) is 0 Å². The van der Waals surface area contributed by atoms with Crippen LogP contribution in [0, 0.1) is 0 Å². The van der Waals surface area contributed by atoms with Crippen LogP contribution in [0.25, 0.3) is 0 Å². The van der Waals surface area contributed by atoms with Gasteiger partial charge in [-0.05, 0) is 12.5 Å². The van der Waals surface area contributed by atoms with E-state index in [1.165, 1.54) is 6.07 Å². The Labute approximate surface area is 135 Å². The third-order valence-electron chi connectivity index (χ3n) is 2.82. The van der Waals surface area contributed by atoms with Gasteiger partial charge in [0, 0.05) is 32.3 Å². The highest BCUT2D eigenvalue weighted by Gasteiger charge is 2.38.